The summed E-state index contributed by atoms with van der Waals surface area (Å²) < 4.78 is 16.9. The van der Waals surface area contributed by atoms with Crippen LogP contribution in [0.2, 0.25) is 0 Å². The minimum Gasteiger partial charge on any atom is -0.462 e. The van der Waals surface area contributed by atoms with Gasteiger partial charge in [0.25, 0.3) is 0 Å². The van der Waals surface area contributed by atoms with E-state index in [1.807, 2.05) is 0 Å². The van der Waals surface area contributed by atoms with Crippen LogP contribution in [0.25, 0.3) is 0 Å². The number of carbonyl (C=O) groups excluding carboxylic acids is 3. The quantitative estimate of drug-likeness (QED) is 0.0261. The molecule has 0 radical (unpaired) electrons. The molecule has 0 bridgehead atoms. The fraction of sp³-hybridized carbons (Fsp3) is 0.766. The maximum Gasteiger partial charge on any atom is 0.306 e. The number of unbranched alkanes of at least 4 members (excludes halogenated alkanes) is 31. The van der Waals surface area contributed by atoms with Crippen molar-refractivity contribution in [3.8, 4) is 0 Å². The molecule has 0 rings (SSSR count). The number of esters is 3. The Morgan fingerprint density at radius 2 is 0.557 bits per heavy atom. The number of hydrogen-bond acceptors (Lipinski definition) is 6. The Labute approximate surface area is 433 Å². The highest BCUT2D eigenvalue weighted by Crippen LogP contribution is 2.15. The van der Waals surface area contributed by atoms with E-state index in [1.54, 1.807) is 0 Å². The van der Waals surface area contributed by atoms with Gasteiger partial charge >= 0.3 is 17.9 Å². The molecule has 0 saturated carbocycles. The van der Waals surface area contributed by atoms with E-state index in [0.29, 0.717) is 19.3 Å². The van der Waals surface area contributed by atoms with Crippen LogP contribution in [0.4, 0.5) is 0 Å². The van der Waals surface area contributed by atoms with E-state index in [2.05, 4.69) is 93.7 Å². The van der Waals surface area contributed by atoms with E-state index in [4.69, 9.17) is 14.2 Å². The molecule has 0 spiro atoms. The molecule has 404 valence electrons. The zero-order chi connectivity index (χ0) is 50.7. The molecule has 6 nitrogen and oxygen atoms in total. The van der Waals surface area contributed by atoms with Gasteiger partial charge < -0.3 is 14.2 Å². The van der Waals surface area contributed by atoms with Gasteiger partial charge in [-0.25, -0.2) is 0 Å². The molecular weight excluding hydrogens is 865 g/mol. The van der Waals surface area contributed by atoms with Gasteiger partial charge in [-0.15, -0.1) is 0 Å². The lowest BCUT2D eigenvalue weighted by molar-refractivity contribution is -0.167. The Balaban J connectivity index is 4.39. The van der Waals surface area contributed by atoms with Crippen molar-refractivity contribution in [3.05, 3.63) is 72.9 Å². The van der Waals surface area contributed by atoms with Gasteiger partial charge in [-0.3, -0.25) is 14.4 Å². The third-order valence-electron chi connectivity index (χ3n) is 12.9. The summed E-state index contributed by atoms with van der Waals surface area (Å²) in [5.41, 5.74) is 0. The van der Waals surface area contributed by atoms with E-state index in [0.717, 1.165) is 103 Å². The van der Waals surface area contributed by atoms with E-state index in [9.17, 15) is 14.4 Å². The lowest BCUT2D eigenvalue weighted by Gasteiger charge is -2.18. The first-order valence-corrected chi connectivity index (χ1v) is 29.9. The topological polar surface area (TPSA) is 78.9 Å². The molecule has 0 heterocycles. The fourth-order valence-corrected chi connectivity index (χ4v) is 8.42. The lowest BCUT2D eigenvalue weighted by atomic mass is 10.1. The van der Waals surface area contributed by atoms with Crippen molar-refractivity contribution in [1.82, 2.24) is 0 Å². The summed E-state index contributed by atoms with van der Waals surface area (Å²) in [6.45, 7) is 6.51. The molecule has 6 heteroatoms. The Hall–Kier alpha value is -3.15. The fourth-order valence-electron chi connectivity index (χ4n) is 8.42. The number of ether oxygens (including phenoxy) is 3. The monoisotopic (exact) mass is 977 g/mol. The van der Waals surface area contributed by atoms with Crippen molar-refractivity contribution in [3.63, 3.8) is 0 Å². The summed E-state index contributed by atoms with van der Waals surface area (Å²) in [4.78, 5) is 38.2. The first-order chi connectivity index (χ1) is 34.5. The van der Waals surface area contributed by atoms with Gasteiger partial charge in [-0.1, -0.05) is 241 Å². The van der Waals surface area contributed by atoms with Crippen LogP contribution in [-0.2, 0) is 28.6 Å². The van der Waals surface area contributed by atoms with Gasteiger partial charge in [0.1, 0.15) is 13.2 Å². The second kappa shape index (κ2) is 58.4. The van der Waals surface area contributed by atoms with Crippen molar-refractivity contribution in [2.24, 2.45) is 0 Å². The van der Waals surface area contributed by atoms with Gasteiger partial charge in [0.05, 0.1) is 0 Å². The maximum atomic E-state index is 12.9. The van der Waals surface area contributed by atoms with E-state index in [-0.39, 0.29) is 31.1 Å². The van der Waals surface area contributed by atoms with Gasteiger partial charge in [0.15, 0.2) is 6.10 Å². The second-order valence-corrected chi connectivity index (χ2v) is 19.9. The standard InChI is InChI=1S/C64H112O6/c1-4-7-10-13-16-19-22-25-28-30-31-32-33-35-36-39-42-45-48-51-54-57-63(66)69-60-61(59-68-62(65)56-53-50-47-44-41-38-27-24-21-18-15-12-9-6-3)70-64(67)58-55-52-49-46-43-40-37-34-29-26-23-20-17-14-11-8-5-2/h8,11,17,20,24,26-27,29-31,37,40,61H,4-7,9-10,12-16,18-19,21-23,25,28,32-36,38-39,41-60H2,1-3H3/b11-8-,20-17-,27-24-,29-26-,31-30-,40-37-. The number of carbonyl (C=O) groups is 3. The van der Waals surface area contributed by atoms with Gasteiger partial charge in [-0.05, 0) is 109 Å². The summed E-state index contributed by atoms with van der Waals surface area (Å²) >= 11 is 0. The Morgan fingerprint density at radius 1 is 0.300 bits per heavy atom. The van der Waals surface area contributed by atoms with Crippen LogP contribution in [0.3, 0.4) is 0 Å². The predicted molar refractivity (Wildman–Crippen MR) is 302 cm³/mol. The first-order valence-electron chi connectivity index (χ1n) is 29.9. The highest BCUT2D eigenvalue weighted by Gasteiger charge is 2.19. The lowest BCUT2D eigenvalue weighted by Crippen LogP contribution is -2.30. The molecule has 0 aromatic carbocycles. The smallest absolute Gasteiger partial charge is 0.306 e. The Morgan fingerprint density at radius 3 is 0.886 bits per heavy atom. The molecule has 0 aliphatic rings. The zero-order valence-corrected chi connectivity index (χ0v) is 46.3. The molecule has 0 saturated heterocycles. The maximum absolute atomic E-state index is 12.9. The normalized spacial score (nSPS) is 12.6. The van der Waals surface area contributed by atoms with Gasteiger partial charge in [-0.2, -0.15) is 0 Å². The van der Waals surface area contributed by atoms with E-state index >= 15 is 0 Å². The van der Waals surface area contributed by atoms with E-state index < -0.39 is 6.10 Å². The molecule has 0 aromatic heterocycles. The summed E-state index contributed by atoms with van der Waals surface area (Å²) in [5, 5.41) is 0. The molecule has 0 aromatic rings. The number of rotatable bonds is 54. The van der Waals surface area contributed by atoms with Crippen LogP contribution in [0.1, 0.15) is 297 Å². The number of hydrogen-bond donors (Lipinski definition) is 0. The van der Waals surface area contributed by atoms with Crippen LogP contribution in [-0.4, -0.2) is 37.2 Å². The van der Waals surface area contributed by atoms with Crippen LogP contribution in [0.5, 0.6) is 0 Å². The highest BCUT2D eigenvalue weighted by molar-refractivity contribution is 5.71. The molecular formula is C64H112O6. The largest absolute Gasteiger partial charge is 0.462 e. The molecule has 70 heavy (non-hydrogen) atoms. The van der Waals surface area contributed by atoms with Crippen molar-refractivity contribution < 1.29 is 28.6 Å². The predicted octanol–water partition coefficient (Wildman–Crippen LogP) is 20.2. The van der Waals surface area contributed by atoms with E-state index in [1.165, 1.54) is 154 Å². The molecule has 0 aliphatic heterocycles. The third-order valence-corrected chi connectivity index (χ3v) is 12.9. The SMILES string of the molecule is CC/C=C\C/C=C\C/C=C\C/C=C\CCCCCCC(=O)OC(COC(=O)CCCCCCC/C=C\CCCCCCC)COC(=O)CCCCCCCCCCC/C=C\CCCCCCCCCC. The summed E-state index contributed by atoms with van der Waals surface area (Å²) in [6.07, 6.45) is 74.7. The van der Waals surface area contributed by atoms with Crippen molar-refractivity contribution in [2.45, 2.75) is 303 Å². The Kier molecular flexibility index (Phi) is 55.8. The molecule has 1 atom stereocenters. The average molecular weight is 978 g/mol. The third kappa shape index (κ3) is 55.8. The van der Waals surface area contributed by atoms with Gasteiger partial charge in [0, 0.05) is 19.3 Å². The minimum absolute atomic E-state index is 0.0882. The molecule has 1 unspecified atom stereocenters. The molecule has 0 amide bonds. The molecule has 0 N–H and O–H groups in total. The minimum atomic E-state index is -0.793. The summed E-state index contributed by atoms with van der Waals surface area (Å²) in [6, 6.07) is 0. The number of allylic oxidation sites excluding steroid dienone is 12. The molecule has 0 fully saturated rings. The zero-order valence-electron chi connectivity index (χ0n) is 46.3. The van der Waals surface area contributed by atoms with Crippen LogP contribution in [0.15, 0.2) is 72.9 Å². The average Bonchev–Trinajstić information content (AvgIpc) is 3.36. The molecule has 0 aliphatic carbocycles. The van der Waals surface area contributed by atoms with Crippen molar-refractivity contribution in [2.75, 3.05) is 13.2 Å². The summed E-state index contributed by atoms with van der Waals surface area (Å²) in [5.74, 6) is -0.913. The van der Waals surface area contributed by atoms with Crippen molar-refractivity contribution in [1.29, 1.82) is 0 Å². The van der Waals surface area contributed by atoms with Crippen LogP contribution < -0.4 is 0 Å². The van der Waals surface area contributed by atoms with Crippen LogP contribution in [0, 0.1) is 0 Å². The summed E-state index contributed by atoms with van der Waals surface area (Å²) in [7, 11) is 0. The second-order valence-electron chi connectivity index (χ2n) is 19.9. The first kappa shape index (κ1) is 66.9. The highest BCUT2D eigenvalue weighted by atomic mass is 16.6. The van der Waals surface area contributed by atoms with Gasteiger partial charge in [0.2, 0.25) is 0 Å². The van der Waals surface area contributed by atoms with Crippen molar-refractivity contribution >= 4 is 17.9 Å². The van der Waals surface area contributed by atoms with Crippen LogP contribution >= 0.6 is 0 Å². The Bertz CT molecular complexity index is 1310.